The Kier molecular flexibility index (Phi) is 4.48. The van der Waals surface area contributed by atoms with Gasteiger partial charge in [-0.1, -0.05) is 36.4 Å². The number of ether oxygens (including phenoxy) is 1. The molecule has 26 heavy (non-hydrogen) atoms. The molecule has 0 aliphatic carbocycles. The van der Waals surface area contributed by atoms with Gasteiger partial charge < -0.3 is 14.6 Å². The third kappa shape index (κ3) is 3.23. The molecule has 1 aromatic heterocycles. The molecule has 1 aliphatic rings. The van der Waals surface area contributed by atoms with Crippen LogP contribution in [0, 0.1) is 0 Å². The van der Waals surface area contributed by atoms with E-state index in [4.69, 9.17) is 4.74 Å². The molecule has 1 aliphatic heterocycles. The number of carbonyl (C=O) groups is 1. The highest BCUT2D eigenvalue weighted by molar-refractivity contribution is 5.94. The zero-order chi connectivity index (χ0) is 17.9. The molecule has 0 spiro atoms. The van der Waals surface area contributed by atoms with E-state index in [0.717, 1.165) is 29.8 Å². The highest BCUT2D eigenvalue weighted by Gasteiger charge is 2.19. The van der Waals surface area contributed by atoms with Crippen LogP contribution < -0.4 is 4.74 Å². The molecule has 2 aromatic carbocycles. The number of methoxy groups -OCH3 is 1. The van der Waals surface area contributed by atoms with Crippen molar-refractivity contribution < 1.29 is 9.53 Å². The summed E-state index contributed by atoms with van der Waals surface area (Å²) in [5.41, 5.74) is 4.66. The number of nitrogens with one attached hydrogen (secondary N) is 1. The number of aromatic amines is 1. The lowest BCUT2D eigenvalue weighted by Gasteiger charge is -2.26. The lowest BCUT2D eigenvalue weighted by atomic mass is 9.98. The standard InChI is InChI=1S/C22H22N2O2/c1-26-18-7-8-21-19(14-18)20(15-23-21)17-9-11-24(12-10-17)22(25)13-16-5-3-2-4-6-16/h2-9,14-15,23H,10-13H2,1H3. The Morgan fingerprint density at radius 2 is 2.04 bits per heavy atom. The van der Waals surface area contributed by atoms with Crippen molar-refractivity contribution in [1.82, 2.24) is 9.88 Å². The molecular formula is C22H22N2O2. The van der Waals surface area contributed by atoms with Crippen LogP contribution in [-0.4, -0.2) is 36.0 Å². The van der Waals surface area contributed by atoms with Crippen LogP contribution in [0.15, 0.2) is 60.8 Å². The van der Waals surface area contributed by atoms with Gasteiger partial charge in [-0.05, 0) is 35.8 Å². The number of hydrogen-bond donors (Lipinski definition) is 1. The summed E-state index contributed by atoms with van der Waals surface area (Å²) in [6.45, 7) is 1.42. The molecule has 3 aromatic rings. The van der Waals surface area contributed by atoms with Crippen molar-refractivity contribution in [2.45, 2.75) is 12.8 Å². The minimum atomic E-state index is 0.187. The Balaban J connectivity index is 1.50. The molecule has 0 radical (unpaired) electrons. The third-order valence-electron chi connectivity index (χ3n) is 4.99. The van der Waals surface area contributed by atoms with Gasteiger partial charge in [0.05, 0.1) is 13.5 Å². The number of rotatable bonds is 4. The molecule has 0 saturated heterocycles. The fraction of sp³-hybridized carbons (Fsp3) is 0.227. The first-order chi connectivity index (χ1) is 12.7. The van der Waals surface area contributed by atoms with Crippen molar-refractivity contribution >= 4 is 22.4 Å². The fourth-order valence-corrected chi connectivity index (χ4v) is 3.51. The number of aromatic nitrogens is 1. The van der Waals surface area contributed by atoms with E-state index >= 15 is 0 Å². The Labute approximate surface area is 153 Å². The zero-order valence-corrected chi connectivity index (χ0v) is 14.9. The Morgan fingerprint density at radius 3 is 2.77 bits per heavy atom. The van der Waals surface area contributed by atoms with Gasteiger partial charge in [-0.15, -0.1) is 0 Å². The molecule has 0 saturated carbocycles. The highest BCUT2D eigenvalue weighted by atomic mass is 16.5. The monoisotopic (exact) mass is 346 g/mol. The maximum absolute atomic E-state index is 12.5. The van der Waals surface area contributed by atoms with Gasteiger partial charge in [-0.25, -0.2) is 0 Å². The maximum Gasteiger partial charge on any atom is 0.227 e. The van der Waals surface area contributed by atoms with Crippen LogP contribution in [-0.2, 0) is 11.2 Å². The summed E-state index contributed by atoms with van der Waals surface area (Å²) < 4.78 is 5.35. The Bertz CT molecular complexity index is 957. The van der Waals surface area contributed by atoms with Gasteiger partial charge in [0.1, 0.15) is 5.75 Å². The third-order valence-corrected chi connectivity index (χ3v) is 4.99. The molecule has 2 heterocycles. The molecular weight excluding hydrogens is 324 g/mol. The summed E-state index contributed by atoms with van der Waals surface area (Å²) in [5, 5.41) is 1.17. The summed E-state index contributed by atoms with van der Waals surface area (Å²) >= 11 is 0. The van der Waals surface area contributed by atoms with Gasteiger partial charge in [0.2, 0.25) is 5.91 Å². The number of hydrogen-bond acceptors (Lipinski definition) is 2. The normalized spacial score (nSPS) is 14.3. The molecule has 4 nitrogen and oxygen atoms in total. The number of benzene rings is 2. The van der Waals surface area contributed by atoms with Crippen molar-refractivity contribution in [2.75, 3.05) is 20.2 Å². The second kappa shape index (κ2) is 7.08. The van der Waals surface area contributed by atoms with Gasteiger partial charge >= 0.3 is 0 Å². The zero-order valence-electron chi connectivity index (χ0n) is 14.9. The van der Waals surface area contributed by atoms with E-state index in [1.807, 2.05) is 47.4 Å². The molecule has 4 rings (SSSR count). The van der Waals surface area contributed by atoms with Crippen LogP contribution in [0.25, 0.3) is 16.5 Å². The lowest BCUT2D eigenvalue weighted by Crippen LogP contribution is -2.35. The highest BCUT2D eigenvalue weighted by Crippen LogP contribution is 2.31. The predicted octanol–water partition coefficient (Wildman–Crippen LogP) is 4.03. The number of carbonyl (C=O) groups excluding carboxylic acids is 1. The van der Waals surface area contributed by atoms with E-state index in [1.54, 1.807) is 7.11 Å². The van der Waals surface area contributed by atoms with Gasteiger partial charge in [-0.2, -0.15) is 0 Å². The second-order valence-corrected chi connectivity index (χ2v) is 6.60. The van der Waals surface area contributed by atoms with Crippen LogP contribution in [0.3, 0.4) is 0 Å². The number of H-pyrrole nitrogens is 1. The summed E-state index contributed by atoms with van der Waals surface area (Å²) in [7, 11) is 1.68. The first-order valence-corrected chi connectivity index (χ1v) is 8.91. The van der Waals surface area contributed by atoms with Gasteiger partial charge in [0.25, 0.3) is 0 Å². The predicted molar refractivity (Wildman–Crippen MR) is 104 cm³/mol. The number of amides is 1. The lowest BCUT2D eigenvalue weighted by molar-refractivity contribution is -0.130. The number of nitrogens with zero attached hydrogens (tertiary/aromatic N) is 1. The minimum Gasteiger partial charge on any atom is -0.497 e. The van der Waals surface area contributed by atoms with Crippen LogP contribution in [0.1, 0.15) is 17.5 Å². The van der Waals surface area contributed by atoms with Crippen LogP contribution in [0.2, 0.25) is 0 Å². The van der Waals surface area contributed by atoms with Crippen LogP contribution in [0.5, 0.6) is 5.75 Å². The fourth-order valence-electron chi connectivity index (χ4n) is 3.51. The Morgan fingerprint density at radius 1 is 1.19 bits per heavy atom. The molecule has 132 valence electrons. The summed E-state index contributed by atoms with van der Waals surface area (Å²) in [5.74, 6) is 1.04. The van der Waals surface area contributed by atoms with Crippen molar-refractivity contribution in [3.63, 3.8) is 0 Å². The molecule has 1 amide bonds. The molecule has 0 bridgehead atoms. The summed E-state index contributed by atoms with van der Waals surface area (Å²) in [6, 6.07) is 16.0. The quantitative estimate of drug-likeness (QED) is 0.775. The molecule has 4 heteroatoms. The SMILES string of the molecule is COc1ccc2[nH]cc(C3=CCN(C(=O)Cc4ccccc4)CC3)c2c1. The van der Waals surface area contributed by atoms with Gasteiger partial charge in [0.15, 0.2) is 0 Å². The van der Waals surface area contributed by atoms with E-state index in [9.17, 15) is 4.79 Å². The second-order valence-electron chi connectivity index (χ2n) is 6.60. The van der Waals surface area contributed by atoms with E-state index in [-0.39, 0.29) is 5.91 Å². The van der Waals surface area contributed by atoms with E-state index < -0.39 is 0 Å². The topological polar surface area (TPSA) is 45.3 Å². The first kappa shape index (κ1) is 16.5. The smallest absolute Gasteiger partial charge is 0.227 e. The largest absolute Gasteiger partial charge is 0.497 e. The van der Waals surface area contributed by atoms with Gasteiger partial charge in [-0.3, -0.25) is 4.79 Å². The van der Waals surface area contributed by atoms with Crippen molar-refractivity contribution in [2.24, 2.45) is 0 Å². The number of fused-ring (bicyclic) bond motifs is 1. The van der Waals surface area contributed by atoms with E-state index in [1.165, 1.54) is 16.5 Å². The van der Waals surface area contributed by atoms with Crippen molar-refractivity contribution in [3.8, 4) is 5.75 Å². The van der Waals surface area contributed by atoms with E-state index in [0.29, 0.717) is 13.0 Å². The molecule has 1 N–H and O–H groups in total. The first-order valence-electron chi connectivity index (χ1n) is 8.91. The van der Waals surface area contributed by atoms with Crippen LogP contribution >= 0.6 is 0 Å². The molecule has 0 fully saturated rings. The van der Waals surface area contributed by atoms with Crippen LogP contribution in [0.4, 0.5) is 0 Å². The Hall–Kier alpha value is -3.01. The molecule has 0 unspecified atom stereocenters. The summed E-state index contributed by atoms with van der Waals surface area (Å²) in [4.78, 5) is 17.8. The minimum absolute atomic E-state index is 0.187. The maximum atomic E-state index is 12.5. The van der Waals surface area contributed by atoms with Crippen molar-refractivity contribution in [1.29, 1.82) is 0 Å². The van der Waals surface area contributed by atoms with E-state index in [2.05, 4.69) is 23.3 Å². The van der Waals surface area contributed by atoms with Crippen molar-refractivity contribution in [3.05, 3.63) is 71.9 Å². The average molecular weight is 346 g/mol. The summed E-state index contributed by atoms with van der Waals surface area (Å²) in [6.07, 6.45) is 5.56. The van der Waals surface area contributed by atoms with Gasteiger partial charge in [0, 0.05) is 35.8 Å². The molecule has 0 atom stereocenters. The average Bonchev–Trinajstić information content (AvgIpc) is 3.12.